The van der Waals surface area contributed by atoms with Crippen molar-refractivity contribution in [2.75, 3.05) is 26.7 Å². The second-order valence-corrected chi connectivity index (χ2v) is 13.2. The highest BCUT2D eigenvalue weighted by molar-refractivity contribution is 7.80. The molecule has 0 radical (unpaired) electrons. The lowest BCUT2D eigenvalue weighted by Crippen LogP contribution is -2.14. The van der Waals surface area contributed by atoms with Gasteiger partial charge in [0.15, 0.2) is 5.78 Å². The van der Waals surface area contributed by atoms with Gasteiger partial charge in [-0.05, 0) is 32.2 Å². The van der Waals surface area contributed by atoms with Gasteiger partial charge in [-0.2, -0.15) is 0 Å². The van der Waals surface area contributed by atoms with Crippen LogP contribution >= 0.6 is 14.3 Å². The molecule has 0 amide bonds. The van der Waals surface area contributed by atoms with Gasteiger partial charge in [-0.3, -0.25) is 4.79 Å². The molecule has 0 fully saturated rings. The molecule has 4 nitrogen and oxygen atoms in total. The molecule has 0 heterocycles. The molecule has 0 atom stereocenters. The summed E-state index contributed by atoms with van der Waals surface area (Å²) >= 11 is 0. The Hall–Kier alpha value is -0.690. The SMILES string of the molecule is CP(C)(=O)C(CC(=O)c1ccc(CO)cc1)P(C)(C)=O. The Morgan fingerprint density at radius 3 is 1.85 bits per heavy atom. The zero-order valence-electron chi connectivity index (χ0n) is 12.4. The second-order valence-electron chi connectivity index (χ2n) is 5.83. The quantitative estimate of drug-likeness (QED) is 0.645. The number of Topliss-reactive ketones (excluding diaryl/α,β-unsaturated/α-hetero) is 1. The van der Waals surface area contributed by atoms with E-state index in [2.05, 4.69) is 0 Å². The van der Waals surface area contributed by atoms with E-state index in [0.717, 1.165) is 5.56 Å². The molecular formula is C14H22O4P2. The average molecular weight is 316 g/mol. The Balaban J connectivity index is 2.97. The molecule has 0 aliphatic heterocycles. The summed E-state index contributed by atoms with van der Waals surface area (Å²) in [5.41, 5.74) is 1.22. The molecule has 112 valence electrons. The third kappa shape index (κ3) is 4.70. The summed E-state index contributed by atoms with van der Waals surface area (Å²) in [6.07, 6.45) is 0.0347. The molecule has 1 N–H and O–H groups in total. The van der Waals surface area contributed by atoms with E-state index >= 15 is 0 Å². The first-order chi connectivity index (χ1) is 9.05. The van der Waals surface area contributed by atoms with Crippen molar-refractivity contribution >= 4 is 20.1 Å². The maximum absolute atomic E-state index is 12.3. The molecule has 0 aliphatic rings. The van der Waals surface area contributed by atoms with Gasteiger partial charge in [0.25, 0.3) is 0 Å². The predicted octanol–water partition coefficient (Wildman–Crippen LogP) is 3.32. The highest BCUT2D eigenvalue weighted by Gasteiger charge is 2.35. The molecule has 1 aromatic carbocycles. The molecule has 1 rings (SSSR count). The summed E-state index contributed by atoms with van der Waals surface area (Å²) in [4.78, 5) is 12.2. The molecular weight excluding hydrogens is 294 g/mol. The number of aliphatic hydroxyl groups is 1. The van der Waals surface area contributed by atoms with E-state index in [4.69, 9.17) is 5.11 Å². The number of hydrogen-bond acceptors (Lipinski definition) is 4. The normalized spacial score (nSPS) is 12.7. The third-order valence-corrected chi connectivity index (χ3v) is 9.84. The molecule has 0 saturated carbocycles. The Morgan fingerprint density at radius 2 is 1.50 bits per heavy atom. The molecule has 0 bridgehead atoms. The molecule has 0 aliphatic carbocycles. The van der Waals surface area contributed by atoms with E-state index in [1.54, 1.807) is 50.9 Å². The van der Waals surface area contributed by atoms with Crippen molar-refractivity contribution in [3.8, 4) is 0 Å². The molecule has 1 aromatic rings. The van der Waals surface area contributed by atoms with Crippen LogP contribution in [0.4, 0.5) is 0 Å². The lowest BCUT2D eigenvalue weighted by atomic mass is 10.1. The Labute approximate surface area is 120 Å². The Kier molecular flexibility index (Phi) is 5.54. The van der Waals surface area contributed by atoms with Crippen LogP contribution in [0.2, 0.25) is 0 Å². The zero-order chi connectivity index (χ0) is 15.6. The van der Waals surface area contributed by atoms with Gasteiger partial charge in [0.1, 0.15) is 0 Å². The summed E-state index contributed by atoms with van der Waals surface area (Å²) in [6.45, 7) is 6.26. The summed E-state index contributed by atoms with van der Waals surface area (Å²) in [7, 11) is -5.22. The fourth-order valence-corrected chi connectivity index (χ4v) is 8.76. The molecule has 6 heteroatoms. The number of carbonyl (C=O) groups excluding carboxylic acids is 1. The van der Waals surface area contributed by atoms with Gasteiger partial charge in [-0.15, -0.1) is 0 Å². The van der Waals surface area contributed by atoms with Gasteiger partial charge in [0.05, 0.1) is 26.3 Å². The van der Waals surface area contributed by atoms with Crippen molar-refractivity contribution in [1.82, 2.24) is 0 Å². The Morgan fingerprint density at radius 1 is 1.05 bits per heavy atom. The summed E-state index contributed by atoms with van der Waals surface area (Å²) in [6, 6.07) is 6.63. The van der Waals surface area contributed by atoms with Gasteiger partial charge >= 0.3 is 0 Å². The first kappa shape index (κ1) is 17.4. The minimum absolute atomic E-state index is 0.0347. The largest absolute Gasteiger partial charge is 0.392 e. The van der Waals surface area contributed by atoms with Crippen LogP contribution in [-0.2, 0) is 15.7 Å². The van der Waals surface area contributed by atoms with Crippen molar-refractivity contribution in [3.05, 3.63) is 35.4 Å². The van der Waals surface area contributed by atoms with Crippen LogP contribution in [0.3, 0.4) is 0 Å². The highest BCUT2D eigenvalue weighted by Crippen LogP contribution is 2.62. The van der Waals surface area contributed by atoms with Gasteiger partial charge in [-0.1, -0.05) is 24.3 Å². The fraction of sp³-hybridized carbons (Fsp3) is 0.500. The van der Waals surface area contributed by atoms with Crippen molar-refractivity contribution in [3.63, 3.8) is 0 Å². The molecule has 0 unspecified atom stereocenters. The maximum atomic E-state index is 12.3. The van der Waals surface area contributed by atoms with Crippen molar-refractivity contribution in [1.29, 1.82) is 0 Å². The summed E-state index contributed by atoms with van der Waals surface area (Å²) < 4.78 is 24.5. The smallest absolute Gasteiger partial charge is 0.164 e. The molecule has 0 spiro atoms. The van der Waals surface area contributed by atoms with Crippen LogP contribution in [0.1, 0.15) is 22.3 Å². The van der Waals surface area contributed by atoms with Crippen molar-refractivity contribution < 1.29 is 19.0 Å². The van der Waals surface area contributed by atoms with E-state index in [-0.39, 0.29) is 18.8 Å². The number of aliphatic hydroxyl groups excluding tert-OH is 1. The number of rotatable bonds is 6. The number of benzene rings is 1. The second kappa shape index (κ2) is 6.39. The number of hydrogen-bond donors (Lipinski definition) is 1. The van der Waals surface area contributed by atoms with Crippen LogP contribution in [0.5, 0.6) is 0 Å². The number of ketones is 1. The monoisotopic (exact) mass is 316 g/mol. The average Bonchev–Trinajstić information content (AvgIpc) is 2.33. The van der Waals surface area contributed by atoms with Crippen LogP contribution in [0.25, 0.3) is 0 Å². The highest BCUT2D eigenvalue weighted by atomic mass is 31.2. The maximum Gasteiger partial charge on any atom is 0.164 e. The van der Waals surface area contributed by atoms with Crippen LogP contribution < -0.4 is 0 Å². The zero-order valence-corrected chi connectivity index (χ0v) is 14.2. The van der Waals surface area contributed by atoms with Crippen LogP contribution in [0.15, 0.2) is 24.3 Å². The van der Waals surface area contributed by atoms with E-state index in [1.807, 2.05) is 0 Å². The topological polar surface area (TPSA) is 71.4 Å². The molecule has 0 aromatic heterocycles. The third-order valence-electron chi connectivity index (χ3n) is 3.26. The number of carbonyl (C=O) groups is 1. The minimum Gasteiger partial charge on any atom is -0.392 e. The van der Waals surface area contributed by atoms with E-state index < -0.39 is 19.7 Å². The fourth-order valence-electron chi connectivity index (χ4n) is 2.19. The van der Waals surface area contributed by atoms with Crippen LogP contribution in [0, 0.1) is 0 Å². The van der Waals surface area contributed by atoms with E-state index in [9.17, 15) is 13.9 Å². The minimum atomic E-state index is -2.61. The van der Waals surface area contributed by atoms with Crippen molar-refractivity contribution in [2.45, 2.75) is 18.4 Å². The Bertz CT molecular complexity index is 543. The first-order valence-electron chi connectivity index (χ1n) is 6.38. The summed E-state index contributed by atoms with van der Waals surface area (Å²) in [5.74, 6) is -0.160. The van der Waals surface area contributed by atoms with Crippen molar-refractivity contribution in [2.24, 2.45) is 0 Å². The molecule has 0 saturated heterocycles. The standard InChI is InChI=1S/C14H22O4P2/c1-19(2,17)14(20(3,4)18)9-13(16)12-7-5-11(10-15)6-8-12/h5-8,14-15H,9-10H2,1-4H3. The lowest BCUT2D eigenvalue weighted by molar-refractivity contribution is 0.0985. The lowest BCUT2D eigenvalue weighted by Gasteiger charge is -2.24. The summed E-state index contributed by atoms with van der Waals surface area (Å²) in [5, 5.41) is 8.40. The van der Waals surface area contributed by atoms with Gasteiger partial charge in [0, 0.05) is 12.0 Å². The van der Waals surface area contributed by atoms with Gasteiger partial charge in [0.2, 0.25) is 0 Å². The van der Waals surface area contributed by atoms with E-state index in [1.165, 1.54) is 0 Å². The first-order valence-corrected chi connectivity index (χ1v) is 11.7. The van der Waals surface area contributed by atoms with Gasteiger partial charge < -0.3 is 14.2 Å². The predicted molar refractivity (Wildman–Crippen MR) is 84.0 cm³/mol. The molecule has 20 heavy (non-hydrogen) atoms. The van der Waals surface area contributed by atoms with E-state index in [0.29, 0.717) is 5.56 Å². The van der Waals surface area contributed by atoms with Gasteiger partial charge in [-0.25, -0.2) is 0 Å². The van der Waals surface area contributed by atoms with Crippen LogP contribution in [-0.4, -0.2) is 42.9 Å².